The zero-order chi connectivity index (χ0) is 24.4. The van der Waals surface area contributed by atoms with E-state index in [9.17, 15) is 14.0 Å². The molecule has 0 saturated carbocycles. The predicted molar refractivity (Wildman–Crippen MR) is 132 cm³/mol. The molecule has 0 spiro atoms. The van der Waals surface area contributed by atoms with Crippen molar-refractivity contribution in [1.82, 2.24) is 15.2 Å². The molecule has 182 valence electrons. The maximum Gasteiger partial charge on any atom is 0.226 e. The van der Waals surface area contributed by atoms with E-state index in [1.807, 2.05) is 43.9 Å². The van der Waals surface area contributed by atoms with E-state index in [0.29, 0.717) is 6.54 Å². The van der Waals surface area contributed by atoms with Crippen LogP contribution in [0, 0.1) is 17.7 Å². The van der Waals surface area contributed by atoms with E-state index >= 15 is 0 Å². The molecule has 1 fully saturated rings. The number of aromatic nitrogens is 1. The molecule has 1 aromatic heterocycles. The normalized spacial score (nSPS) is 19.4. The Balaban J connectivity index is 1.56. The van der Waals surface area contributed by atoms with E-state index in [0.717, 1.165) is 48.4 Å². The number of fused-ring (bicyclic) bond motifs is 1. The van der Waals surface area contributed by atoms with Gasteiger partial charge >= 0.3 is 0 Å². The SMILES string of the molecule is CNC(C)C(=O)CC(C(=O)N1CCCC1c1ccnc(N2CCc3ccc(F)cc32)c1)C(C)C. The van der Waals surface area contributed by atoms with Crippen LogP contribution < -0.4 is 10.2 Å². The highest BCUT2D eigenvalue weighted by atomic mass is 19.1. The smallest absolute Gasteiger partial charge is 0.226 e. The van der Waals surface area contributed by atoms with Gasteiger partial charge in [-0.3, -0.25) is 9.59 Å². The topological polar surface area (TPSA) is 65.5 Å². The van der Waals surface area contributed by atoms with Gasteiger partial charge in [0.2, 0.25) is 5.91 Å². The van der Waals surface area contributed by atoms with Crippen LogP contribution >= 0.6 is 0 Å². The lowest BCUT2D eigenvalue weighted by Gasteiger charge is -2.31. The molecule has 1 aromatic carbocycles. The molecular weight excluding hydrogens is 431 g/mol. The van der Waals surface area contributed by atoms with Gasteiger partial charge in [0, 0.05) is 37.3 Å². The van der Waals surface area contributed by atoms with Crippen molar-refractivity contribution >= 4 is 23.2 Å². The molecule has 4 rings (SSSR count). The van der Waals surface area contributed by atoms with Gasteiger partial charge in [-0.1, -0.05) is 19.9 Å². The monoisotopic (exact) mass is 466 g/mol. The fraction of sp³-hybridized carbons (Fsp3) is 0.519. The summed E-state index contributed by atoms with van der Waals surface area (Å²) in [5.74, 6) is 0.387. The van der Waals surface area contributed by atoms with Crippen molar-refractivity contribution in [3.05, 3.63) is 53.5 Å². The van der Waals surface area contributed by atoms with E-state index in [1.54, 1.807) is 19.3 Å². The minimum atomic E-state index is -0.335. The molecule has 6 nitrogen and oxygen atoms in total. The summed E-state index contributed by atoms with van der Waals surface area (Å²) >= 11 is 0. The van der Waals surface area contributed by atoms with Crippen molar-refractivity contribution in [2.75, 3.05) is 25.0 Å². The number of hydrogen-bond acceptors (Lipinski definition) is 5. The molecule has 34 heavy (non-hydrogen) atoms. The van der Waals surface area contributed by atoms with Gasteiger partial charge in [0.15, 0.2) is 0 Å². The molecule has 0 aliphatic carbocycles. The van der Waals surface area contributed by atoms with Crippen LogP contribution in [0.2, 0.25) is 0 Å². The Kier molecular flexibility index (Phi) is 7.31. The maximum absolute atomic E-state index is 13.9. The molecule has 1 saturated heterocycles. The fourth-order valence-corrected chi connectivity index (χ4v) is 5.13. The van der Waals surface area contributed by atoms with Crippen molar-refractivity contribution in [1.29, 1.82) is 0 Å². The van der Waals surface area contributed by atoms with Crippen LogP contribution in [-0.2, 0) is 16.0 Å². The Labute approximate surface area is 201 Å². The summed E-state index contributed by atoms with van der Waals surface area (Å²) in [4.78, 5) is 34.8. The standard InChI is InChI=1S/C27H35FN4O2/c1-17(2)22(16-25(33)18(3)29-4)27(34)32-12-5-6-23(32)20-9-11-30-26(14-20)31-13-10-19-7-8-21(28)15-24(19)31/h7-9,11,14-15,17-18,22-23,29H,5-6,10,12-13,16H2,1-4H3. The lowest BCUT2D eigenvalue weighted by molar-refractivity contribution is -0.140. The number of likely N-dealkylation sites (tertiary alicyclic amines) is 1. The van der Waals surface area contributed by atoms with Crippen LogP contribution in [0.15, 0.2) is 36.5 Å². The van der Waals surface area contributed by atoms with Gasteiger partial charge in [-0.15, -0.1) is 0 Å². The van der Waals surface area contributed by atoms with E-state index in [-0.39, 0.29) is 47.8 Å². The first-order valence-corrected chi connectivity index (χ1v) is 12.3. The highest BCUT2D eigenvalue weighted by molar-refractivity contribution is 5.90. The Morgan fingerprint density at radius 2 is 1.97 bits per heavy atom. The summed E-state index contributed by atoms with van der Waals surface area (Å²) < 4.78 is 13.9. The number of rotatable bonds is 8. The summed E-state index contributed by atoms with van der Waals surface area (Å²) in [6.45, 7) is 7.31. The number of anilines is 2. The van der Waals surface area contributed by atoms with Gasteiger partial charge in [0.05, 0.1) is 12.1 Å². The minimum Gasteiger partial charge on any atom is -0.335 e. The molecule has 1 N–H and O–H groups in total. The molecule has 3 unspecified atom stereocenters. The molecule has 3 heterocycles. The first-order valence-electron chi connectivity index (χ1n) is 12.3. The summed E-state index contributed by atoms with van der Waals surface area (Å²) in [6, 6.07) is 8.62. The number of likely N-dealkylation sites (N-methyl/N-ethyl adjacent to an activating group) is 1. The van der Waals surface area contributed by atoms with Gasteiger partial charge in [-0.05, 0) is 74.5 Å². The van der Waals surface area contributed by atoms with Crippen molar-refractivity contribution < 1.29 is 14.0 Å². The van der Waals surface area contributed by atoms with Crippen molar-refractivity contribution in [2.45, 2.75) is 58.5 Å². The predicted octanol–water partition coefficient (Wildman–Crippen LogP) is 4.42. The van der Waals surface area contributed by atoms with Crippen LogP contribution in [-0.4, -0.2) is 47.8 Å². The number of benzene rings is 1. The number of carbonyl (C=O) groups excluding carboxylic acids is 2. The van der Waals surface area contributed by atoms with E-state index in [1.165, 1.54) is 6.07 Å². The molecular formula is C27H35FN4O2. The lowest BCUT2D eigenvalue weighted by atomic mass is 9.87. The first-order chi connectivity index (χ1) is 16.3. The van der Waals surface area contributed by atoms with E-state index < -0.39 is 0 Å². The van der Waals surface area contributed by atoms with Gasteiger partial charge < -0.3 is 15.1 Å². The number of halogens is 1. The Hall–Kier alpha value is -2.80. The molecule has 2 aliphatic rings. The molecule has 0 radical (unpaired) electrons. The molecule has 3 atom stereocenters. The average Bonchev–Trinajstić information content (AvgIpc) is 3.48. The number of pyridine rings is 1. The number of carbonyl (C=O) groups is 2. The molecule has 0 bridgehead atoms. The number of nitrogens with zero attached hydrogens (tertiary/aromatic N) is 3. The highest BCUT2D eigenvalue weighted by Crippen LogP contribution is 2.38. The van der Waals surface area contributed by atoms with E-state index in [2.05, 4.69) is 15.2 Å². The van der Waals surface area contributed by atoms with Crippen LogP contribution in [0.3, 0.4) is 0 Å². The van der Waals surface area contributed by atoms with Crippen molar-refractivity contribution in [3.8, 4) is 0 Å². The number of nitrogens with one attached hydrogen (secondary N) is 1. The highest BCUT2D eigenvalue weighted by Gasteiger charge is 2.37. The first kappa shape index (κ1) is 24.3. The third-order valence-corrected chi connectivity index (χ3v) is 7.37. The summed E-state index contributed by atoms with van der Waals surface area (Å²) in [6.07, 6.45) is 4.69. The largest absolute Gasteiger partial charge is 0.335 e. The second-order valence-corrected chi connectivity index (χ2v) is 9.84. The second kappa shape index (κ2) is 10.2. The van der Waals surface area contributed by atoms with Gasteiger partial charge in [0.25, 0.3) is 0 Å². The molecule has 1 amide bonds. The minimum absolute atomic E-state index is 0.0399. The third kappa shape index (κ3) is 4.85. The summed E-state index contributed by atoms with van der Waals surface area (Å²) in [7, 11) is 1.76. The van der Waals surface area contributed by atoms with Crippen molar-refractivity contribution in [2.24, 2.45) is 11.8 Å². The van der Waals surface area contributed by atoms with E-state index in [4.69, 9.17) is 0 Å². The second-order valence-electron chi connectivity index (χ2n) is 9.84. The third-order valence-electron chi connectivity index (χ3n) is 7.37. The maximum atomic E-state index is 13.9. The number of amides is 1. The Bertz CT molecular complexity index is 1060. The van der Waals surface area contributed by atoms with Gasteiger partial charge in [-0.25, -0.2) is 9.37 Å². The number of Topliss-reactive ketones (excluding diaryl/α,β-unsaturated/α-hetero) is 1. The van der Waals surface area contributed by atoms with Crippen LogP contribution in [0.25, 0.3) is 0 Å². The average molecular weight is 467 g/mol. The quantitative estimate of drug-likeness (QED) is 0.624. The van der Waals surface area contributed by atoms with Crippen LogP contribution in [0.5, 0.6) is 0 Å². The number of ketones is 1. The lowest BCUT2D eigenvalue weighted by Crippen LogP contribution is -2.41. The van der Waals surface area contributed by atoms with Crippen molar-refractivity contribution in [3.63, 3.8) is 0 Å². The molecule has 7 heteroatoms. The number of hydrogen-bond donors (Lipinski definition) is 1. The van der Waals surface area contributed by atoms with Crippen LogP contribution in [0.4, 0.5) is 15.9 Å². The zero-order valence-electron chi connectivity index (χ0n) is 20.6. The van der Waals surface area contributed by atoms with Gasteiger partial charge in [-0.2, -0.15) is 0 Å². The van der Waals surface area contributed by atoms with Crippen LogP contribution in [0.1, 0.15) is 57.2 Å². The summed E-state index contributed by atoms with van der Waals surface area (Å²) in [5.41, 5.74) is 3.02. The Morgan fingerprint density at radius 3 is 2.71 bits per heavy atom. The van der Waals surface area contributed by atoms with Gasteiger partial charge in [0.1, 0.15) is 17.4 Å². The Morgan fingerprint density at radius 1 is 1.18 bits per heavy atom. The molecule has 2 aliphatic heterocycles. The fourth-order valence-electron chi connectivity index (χ4n) is 5.13. The summed E-state index contributed by atoms with van der Waals surface area (Å²) in [5, 5.41) is 2.99. The molecule has 2 aromatic rings. The zero-order valence-corrected chi connectivity index (χ0v) is 20.6.